The van der Waals surface area contributed by atoms with Gasteiger partial charge in [-0.2, -0.15) is 4.98 Å². The van der Waals surface area contributed by atoms with E-state index in [0.717, 1.165) is 6.07 Å². The molecule has 5 rings (SSSR count). The number of anilines is 1. The van der Waals surface area contributed by atoms with E-state index in [4.69, 9.17) is 27.9 Å². The van der Waals surface area contributed by atoms with Crippen LogP contribution < -0.4 is 15.9 Å². The molecule has 35 heavy (non-hydrogen) atoms. The topological polar surface area (TPSA) is 59.4 Å². The van der Waals surface area contributed by atoms with E-state index in [9.17, 15) is 9.18 Å². The van der Waals surface area contributed by atoms with E-state index in [1.54, 1.807) is 17.7 Å². The number of hydrogen-bond donors (Lipinski definition) is 1. The maximum absolute atomic E-state index is 15.0. The van der Waals surface area contributed by atoms with Crippen molar-refractivity contribution in [2.75, 3.05) is 30.9 Å². The van der Waals surface area contributed by atoms with Gasteiger partial charge in [0.15, 0.2) is 0 Å². The van der Waals surface area contributed by atoms with Crippen LogP contribution in [0.2, 0.25) is 10.0 Å². The van der Waals surface area contributed by atoms with Crippen molar-refractivity contribution >= 4 is 51.7 Å². The number of methoxy groups -OCH3 is 1. The van der Waals surface area contributed by atoms with Gasteiger partial charge in [-0.05, 0) is 26.0 Å². The van der Waals surface area contributed by atoms with Crippen molar-refractivity contribution in [2.45, 2.75) is 43.5 Å². The van der Waals surface area contributed by atoms with Gasteiger partial charge in [0.05, 0.1) is 28.2 Å². The zero-order valence-electron chi connectivity index (χ0n) is 19.4. The molecule has 0 saturated carbocycles. The molecule has 1 fully saturated rings. The second kappa shape index (κ2) is 9.52. The number of piperazine rings is 1. The van der Waals surface area contributed by atoms with Gasteiger partial charge in [-0.1, -0.05) is 23.2 Å². The minimum absolute atomic E-state index is 0.0726. The van der Waals surface area contributed by atoms with Crippen LogP contribution in [0, 0.1) is 11.6 Å². The van der Waals surface area contributed by atoms with Gasteiger partial charge in [0.2, 0.25) is 0 Å². The molecular weight excluding hydrogens is 517 g/mol. The molecule has 1 saturated heterocycles. The van der Waals surface area contributed by atoms with Crippen molar-refractivity contribution in [3.05, 3.63) is 50.4 Å². The van der Waals surface area contributed by atoms with E-state index in [-0.39, 0.29) is 33.8 Å². The Morgan fingerprint density at radius 2 is 1.80 bits per heavy atom. The molecule has 0 spiro atoms. The van der Waals surface area contributed by atoms with Gasteiger partial charge in [0, 0.05) is 65.5 Å². The minimum Gasteiger partial charge on any atom is -0.379 e. The Kier molecular flexibility index (Phi) is 6.74. The predicted octanol–water partition coefficient (Wildman–Crippen LogP) is 4.96. The third-order valence-corrected chi connectivity index (χ3v) is 8.23. The van der Waals surface area contributed by atoms with Crippen LogP contribution in [0.25, 0.3) is 22.0 Å². The van der Waals surface area contributed by atoms with Gasteiger partial charge in [0.1, 0.15) is 17.5 Å². The van der Waals surface area contributed by atoms with Crippen LogP contribution in [0.4, 0.5) is 14.6 Å². The molecule has 1 N–H and O–H groups in total. The van der Waals surface area contributed by atoms with Crippen LogP contribution >= 0.6 is 35.0 Å². The first-order valence-corrected chi connectivity index (χ1v) is 13.0. The first-order valence-electron chi connectivity index (χ1n) is 11.3. The van der Waals surface area contributed by atoms with Crippen LogP contribution in [0.15, 0.2) is 27.9 Å². The molecular formula is C24H24Cl2F2N4O2S. The maximum Gasteiger partial charge on any atom is 0.350 e. The number of nitrogens with one attached hydrogen (secondary N) is 1. The molecule has 2 aliphatic rings. The SMILES string of the molecule is COC1CSc2c(-c3cc(Cl)c(F)cc3F)c(Cl)cc3c(N4CC(C)NC(C)C4)nc(=O)n(c23)C1. The normalized spacial score (nSPS) is 22.5. The highest BCUT2D eigenvalue weighted by molar-refractivity contribution is 7.99. The monoisotopic (exact) mass is 540 g/mol. The van der Waals surface area contributed by atoms with Gasteiger partial charge in [-0.25, -0.2) is 13.6 Å². The summed E-state index contributed by atoms with van der Waals surface area (Å²) >= 11 is 14.2. The fourth-order valence-electron chi connectivity index (χ4n) is 4.95. The van der Waals surface area contributed by atoms with E-state index in [1.807, 2.05) is 0 Å². The lowest BCUT2D eigenvalue weighted by Crippen LogP contribution is -2.55. The Bertz CT molecular complexity index is 1380. The molecule has 0 bridgehead atoms. The fourth-order valence-corrected chi connectivity index (χ4v) is 6.79. The average molecular weight is 541 g/mol. The molecule has 0 amide bonds. The van der Waals surface area contributed by atoms with Gasteiger partial charge < -0.3 is 15.0 Å². The van der Waals surface area contributed by atoms with Crippen molar-refractivity contribution in [1.82, 2.24) is 14.9 Å². The Hall–Kier alpha value is -1.91. The molecule has 3 unspecified atom stereocenters. The predicted molar refractivity (Wildman–Crippen MR) is 137 cm³/mol. The smallest absolute Gasteiger partial charge is 0.350 e. The van der Waals surface area contributed by atoms with Crippen molar-refractivity contribution in [3.63, 3.8) is 0 Å². The van der Waals surface area contributed by atoms with E-state index < -0.39 is 17.3 Å². The summed E-state index contributed by atoms with van der Waals surface area (Å²) in [7, 11) is 1.59. The highest BCUT2D eigenvalue weighted by Crippen LogP contribution is 2.46. The van der Waals surface area contributed by atoms with Gasteiger partial charge in [0.25, 0.3) is 0 Å². The van der Waals surface area contributed by atoms with E-state index >= 15 is 4.39 Å². The van der Waals surface area contributed by atoms with E-state index in [0.29, 0.717) is 52.6 Å². The highest BCUT2D eigenvalue weighted by Gasteiger charge is 2.30. The van der Waals surface area contributed by atoms with Gasteiger partial charge in [-0.15, -0.1) is 11.8 Å². The molecule has 3 heterocycles. The van der Waals surface area contributed by atoms with Crippen molar-refractivity contribution in [3.8, 4) is 11.1 Å². The molecule has 0 aliphatic carbocycles. The van der Waals surface area contributed by atoms with E-state index in [1.165, 1.54) is 17.8 Å². The van der Waals surface area contributed by atoms with Gasteiger partial charge >= 0.3 is 5.69 Å². The van der Waals surface area contributed by atoms with Crippen LogP contribution in [-0.2, 0) is 11.3 Å². The van der Waals surface area contributed by atoms with Crippen LogP contribution in [0.1, 0.15) is 13.8 Å². The fraction of sp³-hybridized carbons (Fsp3) is 0.417. The Morgan fingerprint density at radius 3 is 2.49 bits per heavy atom. The second-order valence-electron chi connectivity index (χ2n) is 9.08. The third kappa shape index (κ3) is 4.42. The molecule has 6 nitrogen and oxygen atoms in total. The van der Waals surface area contributed by atoms with Crippen LogP contribution in [0.5, 0.6) is 0 Å². The summed E-state index contributed by atoms with van der Waals surface area (Å²) in [4.78, 5) is 20.5. The second-order valence-corrected chi connectivity index (χ2v) is 10.9. The summed E-state index contributed by atoms with van der Waals surface area (Å²) < 4.78 is 36.1. The molecule has 2 aliphatic heterocycles. The summed E-state index contributed by atoms with van der Waals surface area (Å²) in [5.41, 5.74) is 0.641. The number of nitrogens with zero attached hydrogens (tertiary/aromatic N) is 3. The number of halogens is 4. The molecule has 3 atom stereocenters. The molecule has 186 valence electrons. The first-order chi connectivity index (χ1) is 16.7. The molecule has 2 aromatic carbocycles. The number of aromatic nitrogens is 2. The molecule has 1 aromatic heterocycles. The number of hydrogen-bond acceptors (Lipinski definition) is 6. The summed E-state index contributed by atoms with van der Waals surface area (Å²) in [5.74, 6) is -0.586. The molecule has 0 radical (unpaired) electrons. The molecule has 11 heteroatoms. The Morgan fingerprint density at radius 1 is 1.09 bits per heavy atom. The number of rotatable bonds is 3. The zero-order valence-corrected chi connectivity index (χ0v) is 21.7. The summed E-state index contributed by atoms with van der Waals surface area (Å²) in [5, 5.41) is 4.24. The van der Waals surface area contributed by atoms with Gasteiger partial charge in [-0.3, -0.25) is 4.57 Å². The largest absolute Gasteiger partial charge is 0.379 e. The van der Waals surface area contributed by atoms with Crippen molar-refractivity contribution in [2.24, 2.45) is 0 Å². The van der Waals surface area contributed by atoms with Crippen LogP contribution in [0.3, 0.4) is 0 Å². The zero-order chi connectivity index (χ0) is 25.0. The summed E-state index contributed by atoms with van der Waals surface area (Å²) in [6.07, 6.45) is -0.270. The first kappa shape index (κ1) is 24.8. The van der Waals surface area contributed by atoms with Crippen molar-refractivity contribution < 1.29 is 13.5 Å². The average Bonchev–Trinajstić information content (AvgIpc) is 2.99. The number of benzene rings is 2. The van der Waals surface area contributed by atoms with Crippen LogP contribution in [-0.4, -0.2) is 53.7 Å². The standard InChI is InChI=1S/C24H24Cl2F2N4O2S/c1-11-7-31(8-12(2)29-11)23-15-5-17(26)20(14-4-16(25)19(28)6-18(14)27)22-21(15)32(24(33)30-23)9-13(34-3)10-35-22/h4-6,11-13,29H,7-10H2,1-3H3. The number of ether oxygens (including phenoxy) is 1. The maximum atomic E-state index is 15.0. The number of thioether (sulfide) groups is 1. The third-order valence-electron chi connectivity index (χ3n) is 6.42. The lowest BCUT2D eigenvalue weighted by atomic mass is 10.0. The lowest BCUT2D eigenvalue weighted by Gasteiger charge is -2.37. The quantitative estimate of drug-likeness (QED) is 0.474. The summed E-state index contributed by atoms with van der Waals surface area (Å²) in [6, 6.07) is 4.10. The Balaban J connectivity index is 1.84. The lowest BCUT2D eigenvalue weighted by molar-refractivity contribution is 0.107. The van der Waals surface area contributed by atoms with E-state index in [2.05, 4.69) is 29.0 Å². The summed E-state index contributed by atoms with van der Waals surface area (Å²) in [6.45, 7) is 5.79. The van der Waals surface area contributed by atoms with Crippen molar-refractivity contribution in [1.29, 1.82) is 0 Å². The minimum atomic E-state index is -0.854. The Labute approximate surface area is 215 Å². The highest BCUT2D eigenvalue weighted by atomic mass is 35.5. The molecule has 3 aromatic rings.